The van der Waals surface area contributed by atoms with E-state index in [2.05, 4.69) is 55.4 Å². The predicted octanol–water partition coefficient (Wildman–Crippen LogP) is 11.1. The van der Waals surface area contributed by atoms with E-state index in [1.54, 1.807) is 0 Å². The largest absolute Gasteiger partial charge is 0.488 e. The zero-order chi connectivity index (χ0) is 26.6. The Morgan fingerprint density at radius 1 is 0.722 bits per heavy atom. The number of rotatable bonds is 17. The van der Waals surface area contributed by atoms with Gasteiger partial charge in [-0.25, -0.2) is 0 Å². The maximum absolute atomic E-state index is 6.79. The summed E-state index contributed by atoms with van der Waals surface area (Å²) in [7, 11) is 0. The highest BCUT2D eigenvalue weighted by atomic mass is 32.1. The summed E-state index contributed by atoms with van der Waals surface area (Å²) in [5.41, 5.74) is 0.225. The predicted molar refractivity (Wildman–Crippen MR) is 160 cm³/mol. The Hall–Kier alpha value is -0.700. The van der Waals surface area contributed by atoms with Crippen LogP contribution in [-0.4, -0.2) is 13.2 Å². The third kappa shape index (κ3) is 9.25. The van der Waals surface area contributed by atoms with E-state index < -0.39 is 0 Å². The van der Waals surface area contributed by atoms with Crippen LogP contribution in [-0.2, 0) is 11.8 Å². The molecule has 2 unspecified atom stereocenters. The van der Waals surface area contributed by atoms with Crippen LogP contribution in [0, 0.1) is 17.3 Å². The van der Waals surface area contributed by atoms with Crippen molar-refractivity contribution in [3.63, 3.8) is 0 Å². The van der Waals surface area contributed by atoms with Gasteiger partial charge in [-0.1, -0.05) is 132 Å². The van der Waals surface area contributed by atoms with Crippen molar-refractivity contribution in [3.05, 3.63) is 9.75 Å². The molecule has 36 heavy (non-hydrogen) atoms. The molecule has 0 radical (unpaired) electrons. The van der Waals surface area contributed by atoms with Crippen molar-refractivity contribution in [1.82, 2.24) is 0 Å². The third-order valence-corrected chi connectivity index (χ3v) is 10.4. The average Bonchev–Trinajstić information content (AvgIpc) is 3.13. The molecule has 2 atom stereocenters. The molecule has 0 aromatic carbocycles. The molecule has 0 aliphatic carbocycles. The molecule has 1 aromatic rings. The van der Waals surface area contributed by atoms with E-state index in [4.69, 9.17) is 9.47 Å². The van der Waals surface area contributed by atoms with Crippen molar-refractivity contribution < 1.29 is 9.47 Å². The van der Waals surface area contributed by atoms with E-state index in [1.165, 1.54) is 99.6 Å². The van der Waals surface area contributed by atoms with Crippen molar-refractivity contribution in [2.45, 2.75) is 157 Å². The Balaban J connectivity index is 2.16. The average molecular weight is 521 g/mol. The van der Waals surface area contributed by atoms with Gasteiger partial charge >= 0.3 is 0 Å². The zero-order valence-electron chi connectivity index (χ0n) is 25.4. The fraction of sp³-hybridized carbons (Fsp3) is 0.879. The van der Waals surface area contributed by atoms with Gasteiger partial charge in [0.05, 0.1) is 23.0 Å². The van der Waals surface area contributed by atoms with Gasteiger partial charge in [-0.3, -0.25) is 0 Å². The molecule has 0 saturated heterocycles. The van der Waals surface area contributed by atoms with Crippen molar-refractivity contribution in [2.75, 3.05) is 13.2 Å². The lowest BCUT2D eigenvalue weighted by Gasteiger charge is -2.33. The smallest absolute Gasteiger partial charge is 0.175 e. The Labute approximate surface area is 229 Å². The van der Waals surface area contributed by atoms with Crippen molar-refractivity contribution in [3.8, 4) is 11.5 Å². The summed E-state index contributed by atoms with van der Waals surface area (Å²) in [5, 5.41) is 0. The topological polar surface area (TPSA) is 18.5 Å². The molecule has 0 amide bonds. The minimum absolute atomic E-state index is 0.0831. The van der Waals surface area contributed by atoms with Gasteiger partial charge in [-0.15, -0.1) is 11.3 Å². The molecule has 210 valence electrons. The van der Waals surface area contributed by atoms with E-state index in [0.29, 0.717) is 0 Å². The molecule has 2 rings (SSSR count). The lowest BCUT2D eigenvalue weighted by Crippen LogP contribution is -2.34. The van der Waals surface area contributed by atoms with Crippen LogP contribution in [0.4, 0.5) is 0 Å². The summed E-state index contributed by atoms with van der Waals surface area (Å²) in [4.78, 5) is 2.73. The number of unbranched alkanes of at least 4 members (excludes halogenated alkanes) is 2. The maximum atomic E-state index is 6.79. The summed E-state index contributed by atoms with van der Waals surface area (Å²) in [5.74, 6) is 3.90. The number of thiophene rings is 1. The van der Waals surface area contributed by atoms with Crippen LogP contribution in [0.2, 0.25) is 0 Å². The van der Waals surface area contributed by atoms with Crippen molar-refractivity contribution >= 4 is 11.3 Å². The molecule has 2 nitrogen and oxygen atoms in total. The van der Waals surface area contributed by atoms with Crippen LogP contribution in [0.1, 0.15) is 155 Å². The minimum atomic E-state index is 0.0831. The first-order chi connectivity index (χ1) is 17.2. The Morgan fingerprint density at radius 2 is 1.19 bits per heavy atom. The van der Waals surface area contributed by atoms with Gasteiger partial charge in [0.15, 0.2) is 11.5 Å². The van der Waals surface area contributed by atoms with E-state index in [-0.39, 0.29) is 10.8 Å². The van der Waals surface area contributed by atoms with Gasteiger partial charge < -0.3 is 9.47 Å². The maximum Gasteiger partial charge on any atom is 0.175 e. The molecular weight excluding hydrogens is 460 g/mol. The van der Waals surface area contributed by atoms with Crippen LogP contribution in [0.15, 0.2) is 0 Å². The monoisotopic (exact) mass is 520 g/mol. The number of hydrogen-bond acceptors (Lipinski definition) is 3. The van der Waals surface area contributed by atoms with Crippen LogP contribution >= 0.6 is 11.3 Å². The highest BCUT2D eigenvalue weighted by molar-refractivity contribution is 7.13. The molecule has 0 spiro atoms. The number of fused-ring (bicyclic) bond motifs is 1. The first kappa shape index (κ1) is 31.5. The van der Waals surface area contributed by atoms with Crippen LogP contribution in [0.3, 0.4) is 0 Å². The first-order valence-corrected chi connectivity index (χ1v) is 16.5. The number of hydrogen-bond donors (Lipinski definition) is 0. The number of aryl methyl sites for hydroxylation is 1. The zero-order valence-corrected chi connectivity index (χ0v) is 26.2. The van der Waals surface area contributed by atoms with Crippen LogP contribution in [0.5, 0.6) is 11.5 Å². The Kier molecular flexibility index (Phi) is 13.7. The second-order valence-electron chi connectivity index (χ2n) is 12.8. The van der Waals surface area contributed by atoms with Gasteiger partial charge in [-0.05, 0) is 31.1 Å². The molecule has 1 aliphatic rings. The molecule has 1 aromatic heterocycles. The number of ether oxygens (including phenoxy) is 2. The third-order valence-electron chi connectivity index (χ3n) is 8.66. The molecule has 2 heterocycles. The fourth-order valence-corrected chi connectivity index (χ4v) is 7.16. The lowest BCUT2D eigenvalue weighted by molar-refractivity contribution is 0.0746. The van der Waals surface area contributed by atoms with Crippen LogP contribution < -0.4 is 9.47 Å². The summed E-state index contributed by atoms with van der Waals surface area (Å²) in [6, 6.07) is 0. The minimum Gasteiger partial charge on any atom is -0.488 e. The summed E-state index contributed by atoms with van der Waals surface area (Å²) in [6.07, 6.45) is 19.7. The molecule has 0 bridgehead atoms. The summed E-state index contributed by atoms with van der Waals surface area (Å²) >= 11 is 1.91. The second kappa shape index (κ2) is 15.6. The van der Waals surface area contributed by atoms with E-state index in [1.807, 2.05) is 11.3 Å². The molecule has 0 N–H and O–H groups in total. The van der Waals surface area contributed by atoms with Gasteiger partial charge in [-0.2, -0.15) is 0 Å². The van der Waals surface area contributed by atoms with E-state index in [0.717, 1.165) is 43.0 Å². The van der Waals surface area contributed by atoms with E-state index >= 15 is 0 Å². The Bertz CT molecular complexity index is 707. The fourth-order valence-electron chi connectivity index (χ4n) is 5.98. The van der Waals surface area contributed by atoms with Gasteiger partial charge in [0.2, 0.25) is 0 Å². The molecule has 0 saturated carbocycles. The second-order valence-corrected chi connectivity index (χ2v) is 13.9. The first-order valence-electron chi connectivity index (χ1n) is 15.6. The lowest BCUT2D eigenvalue weighted by atomic mass is 9.77. The summed E-state index contributed by atoms with van der Waals surface area (Å²) in [6.45, 7) is 20.2. The van der Waals surface area contributed by atoms with Crippen molar-refractivity contribution in [2.24, 2.45) is 17.3 Å². The normalized spacial score (nSPS) is 19.8. The molecular formula is C33H60O2S. The Morgan fingerprint density at radius 3 is 1.61 bits per heavy atom. The highest BCUT2D eigenvalue weighted by Gasteiger charge is 2.38. The van der Waals surface area contributed by atoms with Gasteiger partial charge in [0.1, 0.15) is 0 Å². The van der Waals surface area contributed by atoms with Crippen molar-refractivity contribution in [1.29, 1.82) is 0 Å². The SMILES string of the molecule is CCCCC(CC)CCCC1(CCCC(CC)CCCC)COc2c(CC)sc(C(C)(C)C)c2OC1. The summed E-state index contributed by atoms with van der Waals surface area (Å²) < 4.78 is 13.5. The van der Waals surface area contributed by atoms with Gasteiger partial charge in [0, 0.05) is 10.8 Å². The van der Waals surface area contributed by atoms with Crippen LogP contribution in [0.25, 0.3) is 0 Å². The quantitative estimate of drug-likeness (QED) is 0.203. The molecule has 1 aliphatic heterocycles. The standard InChI is InChI=1S/C33H60O2S/c1-9-14-18-26(11-3)20-16-22-33(23-17-21-27(12-4)19-15-10-2)24-34-29-28(13-5)36-31(32(6,7)8)30(29)35-25-33/h26-27H,9-25H2,1-8H3. The van der Waals surface area contributed by atoms with E-state index in [9.17, 15) is 0 Å². The van der Waals surface area contributed by atoms with Gasteiger partial charge in [0.25, 0.3) is 0 Å². The highest BCUT2D eigenvalue weighted by Crippen LogP contribution is 2.51. The molecule has 0 fully saturated rings. The molecule has 3 heteroatoms.